The first kappa shape index (κ1) is 12.9. The fourth-order valence-corrected chi connectivity index (χ4v) is 2.20. The number of rotatable bonds is 4. The van der Waals surface area contributed by atoms with Crippen LogP contribution in [0.5, 0.6) is 5.75 Å². The maximum atomic E-state index is 11.9. The van der Waals surface area contributed by atoms with Crippen LogP contribution in [-0.4, -0.2) is 36.5 Å². The van der Waals surface area contributed by atoms with Crippen molar-refractivity contribution in [1.29, 1.82) is 0 Å². The number of benzene rings is 1. The van der Waals surface area contributed by atoms with Crippen LogP contribution in [0.25, 0.3) is 0 Å². The molecule has 2 rings (SSSR count). The van der Waals surface area contributed by atoms with Crippen molar-refractivity contribution < 1.29 is 9.53 Å². The maximum absolute atomic E-state index is 11.9. The summed E-state index contributed by atoms with van der Waals surface area (Å²) in [5.74, 6) is 1.20. The lowest BCUT2D eigenvalue weighted by molar-refractivity contribution is -0.132. The molecule has 0 radical (unpaired) electrons. The molecule has 4 nitrogen and oxygen atoms in total. The summed E-state index contributed by atoms with van der Waals surface area (Å²) in [6.07, 6.45) is 0.995. The van der Waals surface area contributed by atoms with E-state index in [1.54, 1.807) is 0 Å². The number of amides is 1. The first-order valence-electron chi connectivity index (χ1n) is 6.38. The smallest absolute Gasteiger partial charge is 0.260 e. The lowest BCUT2D eigenvalue weighted by Crippen LogP contribution is -2.35. The molecule has 18 heavy (non-hydrogen) atoms. The number of nitrogens with zero attached hydrogens (tertiary/aromatic N) is 1. The highest BCUT2D eigenvalue weighted by Gasteiger charge is 2.28. The highest BCUT2D eigenvalue weighted by atomic mass is 16.5. The average Bonchev–Trinajstić information content (AvgIpc) is 2.87. The molecule has 0 aliphatic carbocycles. The van der Waals surface area contributed by atoms with Gasteiger partial charge in [-0.25, -0.2) is 0 Å². The SMILES string of the molecule is CC(N)C1CCN(C(=O)COc2ccccc2)C1. The Morgan fingerprint density at radius 3 is 2.83 bits per heavy atom. The van der Waals surface area contributed by atoms with Crippen LogP contribution in [0.1, 0.15) is 13.3 Å². The van der Waals surface area contributed by atoms with E-state index in [1.807, 2.05) is 42.2 Å². The van der Waals surface area contributed by atoms with Crippen molar-refractivity contribution in [2.24, 2.45) is 11.7 Å². The van der Waals surface area contributed by atoms with Gasteiger partial charge in [0.2, 0.25) is 0 Å². The predicted octanol–water partition coefficient (Wildman–Crippen LogP) is 1.26. The lowest BCUT2D eigenvalue weighted by atomic mass is 10.0. The summed E-state index contributed by atoms with van der Waals surface area (Å²) in [6.45, 7) is 3.66. The molecule has 1 aliphatic heterocycles. The van der Waals surface area contributed by atoms with Gasteiger partial charge in [0.15, 0.2) is 6.61 Å². The Morgan fingerprint density at radius 2 is 2.22 bits per heavy atom. The Hall–Kier alpha value is -1.55. The Labute approximate surface area is 108 Å². The van der Waals surface area contributed by atoms with Crippen LogP contribution in [0.4, 0.5) is 0 Å². The van der Waals surface area contributed by atoms with Crippen molar-refractivity contribution in [3.63, 3.8) is 0 Å². The normalized spacial score (nSPS) is 20.8. The quantitative estimate of drug-likeness (QED) is 0.872. The van der Waals surface area contributed by atoms with Gasteiger partial charge >= 0.3 is 0 Å². The van der Waals surface area contributed by atoms with E-state index in [0.717, 1.165) is 25.3 Å². The number of likely N-dealkylation sites (tertiary alicyclic amines) is 1. The van der Waals surface area contributed by atoms with Crippen molar-refractivity contribution in [3.05, 3.63) is 30.3 Å². The van der Waals surface area contributed by atoms with E-state index >= 15 is 0 Å². The molecule has 1 aliphatic rings. The van der Waals surface area contributed by atoms with Gasteiger partial charge in [-0.2, -0.15) is 0 Å². The Bertz CT molecular complexity index is 392. The van der Waals surface area contributed by atoms with Crippen LogP contribution in [0.15, 0.2) is 30.3 Å². The van der Waals surface area contributed by atoms with Crippen LogP contribution < -0.4 is 10.5 Å². The Kier molecular flexibility index (Phi) is 4.20. The first-order chi connectivity index (χ1) is 8.66. The topological polar surface area (TPSA) is 55.6 Å². The summed E-state index contributed by atoms with van der Waals surface area (Å²) < 4.78 is 5.45. The summed E-state index contributed by atoms with van der Waals surface area (Å²) in [7, 11) is 0. The molecule has 0 saturated carbocycles. The number of ether oxygens (including phenoxy) is 1. The molecule has 0 bridgehead atoms. The largest absolute Gasteiger partial charge is 0.484 e. The fraction of sp³-hybridized carbons (Fsp3) is 0.500. The van der Waals surface area contributed by atoms with E-state index < -0.39 is 0 Å². The van der Waals surface area contributed by atoms with Crippen LogP contribution in [0, 0.1) is 5.92 Å². The van der Waals surface area contributed by atoms with E-state index in [2.05, 4.69) is 0 Å². The highest BCUT2D eigenvalue weighted by molar-refractivity contribution is 5.78. The van der Waals surface area contributed by atoms with Gasteiger partial charge in [0.1, 0.15) is 5.75 Å². The van der Waals surface area contributed by atoms with Gasteiger partial charge in [0, 0.05) is 19.1 Å². The van der Waals surface area contributed by atoms with E-state index in [1.165, 1.54) is 0 Å². The average molecular weight is 248 g/mol. The van der Waals surface area contributed by atoms with Gasteiger partial charge in [-0.3, -0.25) is 4.79 Å². The maximum Gasteiger partial charge on any atom is 0.260 e. The summed E-state index contributed by atoms with van der Waals surface area (Å²) in [5.41, 5.74) is 5.86. The molecule has 2 N–H and O–H groups in total. The molecule has 1 saturated heterocycles. The van der Waals surface area contributed by atoms with Crippen molar-refractivity contribution in [2.75, 3.05) is 19.7 Å². The predicted molar refractivity (Wildman–Crippen MR) is 70.3 cm³/mol. The third-order valence-electron chi connectivity index (χ3n) is 3.43. The van der Waals surface area contributed by atoms with Gasteiger partial charge in [0.25, 0.3) is 5.91 Å². The van der Waals surface area contributed by atoms with Crippen LogP contribution >= 0.6 is 0 Å². The van der Waals surface area contributed by atoms with E-state index in [-0.39, 0.29) is 18.6 Å². The summed E-state index contributed by atoms with van der Waals surface area (Å²) in [6, 6.07) is 9.55. The highest BCUT2D eigenvalue weighted by Crippen LogP contribution is 2.19. The van der Waals surface area contributed by atoms with Crippen molar-refractivity contribution in [3.8, 4) is 5.75 Å². The molecule has 1 amide bonds. The second-order valence-corrected chi connectivity index (χ2v) is 4.85. The fourth-order valence-electron chi connectivity index (χ4n) is 2.20. The molecular formula is C14H20N2O2. The monoisotopic (exact) mass is 248 g/mol. The summed E-state index contributed by atoms with van der Waals surface area (Å²) in [5, 5.41) is 0. The van der Waals surface area contributed by atoms with Gasteiger partial charge in [-0.05, 0) is 31.4 Å². The molecule has 1 heterocycles. The van der Waals surface area contributed by atoms with Crippen LogP contribution in [0.2, 0.25) is 0 Å². The molecule has 2 atom stereocenters. The Balaban J connectivity index is 1.79. The zero-order chi connectivity index (χ0) is 13.0. The number of nitrogens with two attached hydrogens (primary N) is 1. The van der Waals surface area contributed by atoms with Crippen LogP contribution in [-0.2, 0) is 4.79 Å². The number of para-hydroxylation sites is 1. The molecule has 4 heteroatoms. The standard InChI is InChI=1S/C14H20N2O2/c1-11(15)12-7-8-16(9-12)14(17)10-18-13-5-3-2-4-6-13/h2-6,11-12H,7-10,15H2,1H3. The molecule has 0 spiro atoms. The van der Waals surface area contributed by atoms with E-state index in [0.29, 0.717) is 5.92 Å². The van der Waals surface area contributed by atoms with E-state index in [9.17, 15) is 4.79 Å². The molecule has 0 aromatic heterocycles. The third-order valence-corrected chi connectivity index (χ3v) is 3.43. The van der Waals surface area contributed by atoms with Gasteiger partial charge in [0.05, 0.1) is 0 Å². The Morgan fingerprint density at radius 1 is 1.50 bits per heavy atom. The van der Waals surface area contributed by atoms with E-state index in [4.69, 9.17) is 10.5 Å². The lowest BCUT2D eigenvalue weighted by Gasteiger charge is -2.18. The van der Waals surface area contributed by atoms with Crippen molar-refractivity contribution >= 4 is 5.91 Å². The number of carbonyl (C=O) groups is 1. The van der Waals surface area contributed by atoms with Gasteiger partial charge in [-0.15, -0.1) is 0 Å². The molecule has 98 valence electrons. The molecule has 2 unspecified atom stereocenters. The summed E-state index contributed by atoms with van der Waals surface area (Å²) in [4.78, 5) is 13.8. The first-order valence-corrected chi connectivity index (χ1v) is 6.38. The van der Waals surface area contributed by atoms with Gasteiger partial charge in [-0.1, -0.05) is 18.2 Å². The second kappa shape index (κ2) is 5.87. The molecule has 1 aromatic carbocycles. The minimum Gasteiger partial charge on any atom is -0.484 e. The zero-order valence-electron chi connectivity index (χ0n) is 10.7. The minimum absolute atomic E-state index is 0.0435. The second-order valence-electron chi connectivity index (χ2n) is 4.85. The molecule has 1 aromatic rings. The number of hydrogen-bond acceptors (Lipinski definition) is 3. The number of hydrogen-bond donors (Lipinski definition) is 1. The minimum atomic E-state index is 0.0435. The number of carbonyl (C=O) groups excluding carboxylic acids is 1. The van der Waals surface area contributed by atoms with Crippen molar-refractivity contribution in [1.82, 2.24) is 4.90 Å². The van der Waals surface area contributed by atoms with Gasteiger partial charge < -0.3 is 15.4 Å². The third kappa shape index (κ3) is 3.23. The zero-order valence-corrected chi connectivity index (χ0v) is 10.7. The van der Waals surface area contributed by atoms with Crippen LogP contribution in [0.3, 0.4) is 0 Å². The molecule has 1 fully saturated rings. The van der Waals surface area contributed by atoms with Crippen molar-refractivity contribution in [2.45, 2.75) is 19.4 Å². The molecular weight excluding hydrogens is 228 g/mol. The summed E-state index contributed by atoms with van der Waals surface area (Å²) >= 11 is 0.